The standard InChI is InChI=1S/C12H14N2O2/c13-10-3-1-2-9(8-10)6-7-14-11(15)4-5-12(14)16/h1-3,8H,4-7,13H2. The molecule has 1 aromatic carbocycles. The molecule has 0 radical (unpaired) electrons. The maximum atomic E-state index is 11.4. The first-order chi connectivity index (χ1) is 7.66. The van der Waals surface area contributed by atoms with E-state index in [1.807, 2.05) is 24.3 Å². The monoisotopic (exact) mass is 218 g/mol. The fraction of sp³-hybridized carbons (Fsp3) is 0.333. The van der Waals surface area contributed by atoms with Crippen molar-refractivity contribution < 1.29 is 9.59 Å². The molecule has 0 atom stereocenters. The third kappa shape index (κ3) is 2.21. The van der Waals surface area contributed by atoms with Crippen molar-refractivity contribution in [1.82, 2.24) is 4.90 Å². The highest BCUT2D eigenvalue weighted by atomic mass is 16.2. The third-order valence-electron chi connectivity index (χ3n) is 2.73. The summed E-state index contributed by atoms with van der Waals surface area (Å²) in [5, 5.41) is 0. The molecule has 2 amide bonds. The van der Waals surface area contributed by atoms with E-state index in [0.717, 1.165) is 5.56 Å². The molecule has 1 aliphatic rings. The first kappa shape index (κ1) is 10.7. The Bertz CT molecular complexity index is 413. The molecule has 84 valence electrons. The number of rotatable bonds is 3. The number of carbonyl (C=O) groups is 2. The zero-order chi connectivity index (χ0) is 11.5. The van der Waals surface area contributed by atoms with E-state index in [1.165, 1.54) is 4.90 Å². The zero-order valence-electron chi connectivity index (χ0n) is 8.98. The Labute approximate surface area is 94.0 Å². The van der Waals surface area contributed by atoms with E-state index < -0.39 is 0 Å². The van der Waals surface area contributed by atoms with E-state index in [9.17, 15) is 9.59 Å². The van der Waals surface area contributed by atoms with Gasteiger partial charge in [-0.05, 0) is 24.1 Å². The van der Waals surface area contributed by atoms with Crippen LogP contribution in [0.1, 0.15) is 18.4 Å². The molecule has 4 heteroatoms. The van der Waals surface area contributed by atoms with Gasteiger partial charge in [-0.1, -0.05) is 12.1 Å². The Morgan fingerprint density at radius 3 is 2.50 bits per heavy atom. The molecule has 4 nitrogen and oxygen atoms in total. The van der Waals surface area contributed by atoms with Crippen molar-refractivity contribution in [2.45, 2.75) is 19.3 Å². The number of anilines is 1. The van der Waals surface area contributed by atoms with Crippen LogP contribution in [-0.4, -0.2) is 23.3 Å². The fourth-order valence-corrected chi connectivity index (χ4v) is 1.86. The van der Waals surface area contributed by atoms with Crippen molar-refractivity contribution >= 4 is 17.5 Å². The highest BCUT2D eigenvalue weighted by molar-refractivity contribution is 6.01. The van der Waals surface area contributed by atoms with Crippen LogP contribution < -0.4 is 5.73 Å². The van der Waals surface area contributed by atoms with Crippen LogP contribution in [0.15, 0.2) is 24.3 Å². The van der Waals surface area contributed by atoms with Gasteiger partial charge < -0.3 is 5.73 Å². The van der Waals surface area contributed by atoms with Crippen LogP contribution in [-0.2, 0) is 16.0 Å². The summed E-state index contributed by atoms with van der Waals surface area (Å²) in [5.41, 5.74) is 7.40. The molecule has 1 fully saturated rings. The minimum Gasteiger partial charge on any atom is -0.399 e. The van der Waals surface area contributed by atoms with Crippen LogP contribution in [0.3, 0.4) is 0 Å². The van der Waals surface area contributed by atoms with E-state index in [1.54, 1.807) is 0 Å². The van der Waals surface area contributed by atoms with Gasteiger partial charge in [0, 0.05) is 25.1 Å². The molecule has 0 aliphatic carbocycles. The van der Waals surface area contributed by atoms with Gasteiger partial charge >= 0.3 is 0 Å². The van der Waals surface area contributed by atoms with Crippen molar-refractivity contribution in [1.29, 1.82) is 0 Å². The van der Waals surface area contributed by atoms with E-state index in [-0.39, 0.29) is 11.8 Å². The van der Waals surface area contributed by atoms with E-state index in [4.69, 9.17) is 5.73 Å². The molecule has 16 heavy (non-hydrogen) atoms. The number of nitrogen functional groups attached to an aromatic ring is 1. The summed E-state index contributed by atoms with van der Waals surface area (Å²) in [6.45, 7) is 0.459. The average Bonchev–Trinajstić information content (AvgIpc) is 2.56. The number of carbonyl (C=O) groups excluding carboxylic acids is 2. The van der Waals surface area contributed by atoms with Gasteiger partial charge in [0.25, 0.3) is 0 Å². The highest BCUT2D eigenvalue weighted by Crippen LogP contribution is 2.13. The number of nitrogens with zero attached hydrogens (tertiary/aromatic N) is 1. The van der Waals surface area contributed by atoms with Gasteiger partial charge in [0.1, 0.15) is 0 Å². The molecule has 0 saturated carbocycles. The number of amides is 2. The predicted molar refractivity (Wildman–Crippen MR) is 60.5 cm³/mol. The minimum absolute atomic E-state index is 0.0612. The Morgan fingerprint density at radius 2 is 1.88 bits per heavy atom. The molecule has 0 bridgehead atoms. The molecular weight excluding hydrogens is 204 g/mol. The summed E-state index contributed by atoms with van der Waals surface area (Å²) >= 11 is 0. The van der Waals surface area contributed by atoms with Gasteiger partial charge in [-0.15, -0.1) is 0 Å². The fourth-order valence-electron chi connectivity index (χ4n) is 1.86. The lowest BCUT2D eigenvalue weighted by Gasteiger charge is -2.13. The van der Waals surface area contributed by atoms with Crippen molar-refractivity contribution in [3.05, 3.63) is 29.8 Å². The van der Waals surface area contributed by atoms with Crippen LogP contribution >= 0.6 is 0 Å². The number of benzene rings is 1. The molecule has 1 aromatic rings. The topological polar surface area (TPSA) is 63.4 Å². The second-order valence-corrected chi connectivity index (χ2v) is 3.93. The number of hydrogen-bond donors (Lipinski definition) is 1. The van der Waals surface area contributed by atoms with Gasteiger partial charge in [-0.25, -0.2) is 0 Å². The van der Waals surface area contributed by atoms with Crippen LogP contribution in [0.5, 0.6) is 0 Å². The summed E-state index contributed by atoms with van der Waals surface area (Å²) in [5.74, 6) is -0.122. The van der Waals surface area contributed by atoms with Crippen LogP contribution in [0.4, 0.5) is 5.69 Å². The third-order valence-corrected chi connectivity index (χ3v) is 2.73. The lowest BCUT2D eigenvalue weighted by molar-refractivity contribution is -0.138. The van der Waals surface area contributed by atoms with Crippen LogP contribution in [0.25, 0.3) is 0 Å². The predicted octanol–water partition coefficient (Wildman–Crippen LogP) is 0.960. The Balaban J connectivity index is 1.97. The second-order valence-electron chi connectivity index (χ2n) is 3.93. The van der Waals surface area contributed by atoms with Crippen molar-refractivity contribution in [2.24, 2.45) is 0 Å². The molecule has 1 saturated heterocycles. The molecule has 2 N–H and O–H groups in total. The summed E-state index contributed by atoms with van der Waals surface area (Å²) in [6.07, 6.45) is 1.38. The van der Waals surface area contributed by atoms with E-state index in [2.05, 4.69) is 0 Å². The molecule has 1 aliphatic heterocycles. The largest absolute Gasteiger partial charge is 0.399 e. The summed E-state index contributed by atoms with van der Waals surface area (Å²) in [7, 11) is 0. The van der Waals surface area contributed by atoms with Crippen molar-refractivity contribution in [3.8, 4) is 0 Å². The number of imide groups is 1. The Morgan fingerprint density at radius 1 is 1.19 bits per heavy atom. The van der Waals surface area contributed by atoms with Crippen molar-refractivity contribution in [2.75, 3.05) is 12.3 Å². The lowest BCUT2D eigenvalue weighted by Crippen LogP contribution is -2.31. The molecule has 2 rings (SSSR count). The molecule has 0 unspecified atom stereocenters. The lowest BCUT2D eigenvalue weighted by atomic mass is 10.1. The molecule has 0 spiro atoms. The normalized spacial score (nSPS) is 15.9. The second kappa shape index (κ2) is 4.35. The maximum Gasteiger partial charge on any atom is 0.229 e. The minimum atomic E-state index is -0.0612. The summed E-state index contributed by atoms with van der Waals surface area (Å²) in [4.78, 5) is 24.0. The van der Waals surface area contributed by atoms with E-state index in [0.29, 0.717) is 31.5 Å². The van der Waals surface area contributed by atoms with Crippen molar-refractivity contribution in [3.63, 3.8) is 0 Å². The summed E-state index contributed by atoms with van der Waals surface area (Å²) < 4.78 is 0. The zero-order valence-corrected chi connectivity index (χ0v) is 8.98. The maximum absolute atomic E-state index is 11.4. The smallest absolute Gasteiger partial charge is 0.229 e. The first-order valence-electron chi connectivity index (χ1n) is 5.34. The molecular formula is C12H14N2O2. The summed E-state index contributed by atoms with van der Waals surface area (Å²) in [6, 6.07) is 7.50. The van der Waals surface area contributed by atoms with Crippen LogP contribution in [0.2, 0.25) is 0 Å². The van der Waals surface area contributed by atoms with Crippen LogP contribution in [0, 0.1) is 0 Å². The average molecular weight is 218 g/mol. The Kier molecular flexibility index (Phi) is 2.90. The van der Waals surface area contributed by atoms with Gasteiger partial charge in [0.05, 0.1) is 0 Å². The number of nitrogens with two attached hydrogens (primary N) is 1. The van der Waals surface area contributed by atoms with Gasteiger partial charge in [-0.3, -0.25) is 14.5 Å². The van der Waals surface area contributed by atoms with Gasteiger partial charge in [0.15, 0.2) is 0 Å². The quantitative estimate of drug-likeness (QED) is 0.607. The SMILES string of the molecule is Nc1cccc(CCN2C(=O)CCC2=O)c1. The molecule has 0 aromatic heterocycles. The van der Waals surface area contributed by atoms with Gasteiger partial charge in [-0.2, -0.15) is 0 Å². The first-order valence-corrected chi connectivity index (χ1v) is 5.34. The highest BCUT2D eigenvalue weighted by Gasteiger charge is 2.27. The number of hydrogen-bond acceptors (Lipinski definition) is 3. The molecule has 1 heterocycles. The number of likely N-dealkylation sites (tertiary alicyclic amines) is 1. The van der Waals surface area contributed by atoms with E-state index >= 15 is 0 Å². The Hall–Kier alpha value is -1.84. The van der Waals surface area contributed by atoms with Gasteiger partial charge in [0.2, 0.25) is 11.8 Å².